The van der Waals surface area contributed by atoms with Crippen molar-refractivity contribution < 1.29 is 14.3 Å². The summed E-state index contributed by atoms with van der Waals surface area (Å²) in [7, 11) is 0. The average Bonchev–Trinajstić information content (AvgIpc) is 2.46. The maximum Gasteiger partial charge on any atom is 0.260 e. The van der Waals surface area contributed by atoms with Crippen molar-refractivity contribution in [2.75, 3.05) is 19.7 Å². The minimum absolute atomic E-state index is 0.0138. The van der Waals surface area contributed by atoms with Crippen LogP contribution in [0.3, 0.4) is 0 Å². The normalized spacial score (nSPS) is 10.0. The van der Waals surface area contributed by atoms with Gasteiger partial charge in [0.05, 0.1) is 0 Å². The van der Waals surface area contributed by atoms with E-state index in [0.29, 0.717) is 17.9 Å². The molecule has 0 aliphatic rings. The first kappa shape index (κ1) is 15.2. The molecule has 0 aliphatic carbocycles. The molecule has 1 rings (SSSR count). The van der Waals surface area contributed by atoms with E-state index < -0.39 is 0 Å². The van der Waals surface area contributed by atoms with Gasteiger partial charge in [0.2, 0.25) is 0 Å². The second kappa shape index (κ2) is 8.29. The highest BCUT2D eigenvalue weighted by molar-refractivity contribution is 5.78. The van der Waals surface area contributed by atoms with Crippen LogP contribution >= 0.6 is 0 Å². The molecule has 4 nitrogen and oxygen atoms in total. The zero-order valence-corrected chi connectivity index (χ0v) is 11.6. The van der Waals surface area contributed by atoms with E-state index in [1.165, 1.54) is 0 Å². The highest BCUT2D eigenvalue weighted by Gasteiger charge is 2.11. The van der Waals surface area contributed by atoms with Crippen LogP contribution in [0.1, 0.15) is 37.0 Å². The third kappa shape index (κ3) is 5.12. The molecule has 0 unspecified atom stereocenters. The summed E-state index contributed by atoms with van der Waals surface area (Å²) in [6.07, 6.45) is 2.82. The number of likely N-dealkylation sites (N-methyl/N-ethyl adjacent to an activating group) is 1. The van der Waals surface area contributed by atoms with Crippen LogP contribution in [0.25, 0.3) is 0 Å². The fourth-order valence-corrected chi connectivity index (χ4v) is 1.72. The Kier molecular flexibility index (Phi) is 6.64. The first-order valence-corrected chi connectivity index (χ1v) is 6.67. The Hall–Kier alpha value is -1.84. The number of carbonyl (C=O) groups is 2. The molecule has 4 heteroatoms. The predicted molar refractivity (Wildman–Crippen MR) is 74.5 cm³/mol. The Morgan fingerprint density at radius 2 is 2.16 bits per heavy atom. The van der Waals surface area contributed by atoms with Crippen molar-refractivity contribution in [2.45, 2.75) is 26.7 Å². The molecule has 0 saturated heterocycles. The molecule has 1 aromatic carbocycles. The number of amides is 1. The standard InChI is InChI=1S/C15H21NO3/c1-3-5-9-16(4-2)15(18)12-19-14-8-6-7-13(10-14)11-17/h6-8,10-11H,3-5,9,12H2,1-2H3. The number of ether oxygens (including phenoxy) is 1. The first-order valence-electron chi connectivity index (χ1n) is 6.67. The minimum Gasteiger partial charge on any atom is -0.484 e. The van der Waals surface area contributed by atoms with Crippen LogP contribution in [-0.4, -0.2) is 36.8 Å². The van der Waals surface area contributed by atoms with E-state index in [4.69, 9.17) is 4.74 Å². The molecule has 1 amide bonds. The summed E-state index contributed by atoms with van der Waals surface area (Å²) in [4.78, 5) is 24.4. The Morgan fingerprint density at radius 1 is 1.37 bits per heavy atom. The summed E-state index contributed by atoms with van der Waals surface area (Å²) < 4.78 is 5.42. The zero-order valence-electron chi connectivity index (χ0n) is 11.6. The third-order valence-corrected chi connectivity index (χ3v) is 2.87. The Bertz CT molecular complexity index is 418. The Morgan fingerprint density at radius 3 is 2.79 bits per heavy atom. The topological polar surface area (TPSA) is 46.6 Å². The molecule has 0 atom stereocenters. The second-order valence-corrected chi connectivity index (χ2v) is 4.31. The lowest BCUT2D eigenvalue weighted by molar-refractivity contribution is -0.133. The van der Waals surface area contributed by atoms with Crippen molar-refractivity contribution in [1.29, 1.82) is 0 Å². The van der Waals surface area contributed by atoms with E-state index in [-0.39, 0.29) is 12.5 Å². The van der Waals surface area contributed by atoms with Crippen molar-refractivity contribution in [2.24, 2.45) is 0 Å². The van der Waals surface area contributed by atoms with Crippen LogP contribution in [0.5, 0.6) is 5.75 Å². The number of hydrogen-bond acceptors (Lipinski definition) is 3. The minimum atomic E-state index is -0.0209. The molecule has 0 aliphatic heterocycles. The van der Waals surface area contributed by atoms with Crippen molar-refractivity contribution in [1.82, 2.24) is 4.90 Å². The van der Waals surface area contributed by atoms with Gasteiger partial charge in [0.25, 0.3) is 5.91 Å². The molecule has 19 heavy (non-hydrogen) atoms. The molecule has 0 heterocycles. The fraction of sp³-hybridized carbons (Fsp3) is 0.467. The molecule has 0 spiro atoms. The molecule has 0 N–H and O–H groups in total. The molecular weight excluding hydrogens is 242 g/mol. The van der Waals surface area contributed by atoms with Gasteiger partial charge in [-0.3, -0.25) is 9.59 Å². The summed E-state index contributed by atoms with van der Waals surface area (Å²) in [5.74, 6) is 0.525. The number of nitrogens with zero attached hydrogens (tertiary/aromatic N) is 1. The van der Waals surface area contributed by atoms with Crippen LogP contribution in [-0.2, 0) is 4.79 Å². The van der Waals surface area contributed by atoms with Crippen LogP contribution in [0.2, 0.25) is 0 Å². The van der Waals surface area contributed by atoms with E-state index in [1.54, 1.807) is 29.2 Å². The van der Waals surface area contributed by atoms with Gasteiger partial charge in [-0.15, -0.1) is 0 Å². The van der Waals surface area contributed by atoms with E-state index in [1.807, 2.05) is 6.92 Å². The van der Waals surface area contributed by atoms with Gasteiger partial charge >= 0.3 is 0 Å². The zero-order chi connectivity index (χ0) is 14.1. The van der Waals surface area contributed by atoms with Gasteiger partial charge in [-0.2, -0.15) is 0 Å². The highest BCUT2D eigenvalue weighted by Crippen LogP contribution is 2.12. The van der Waals surface area contributed by atoms with E-state index in [9.17, 15) is 9.59 Å². The maximum absolute atomic E-state index is 11.9. The largest absolute Gasteiger partial charge is 0.484 e. The Balaban J connectivity index is 2.49. The molecule has 0 saturated carbocycles. The monoisotopic (exact) mass is 263 g/mol. The average molecular weight is 263 g/mol. The number of rotatable bonds is 8. The molecule has 0 radical (unpaired) electrons. The summed E-state index contributed by atoms with van der Waals surface area (Å²) in [6, 6.07) is 6.80. The van der Waals surface area contributed by atoms with Gasteiger partial charge in [-0.1, -0.05) is 25.5 Å². The van der Waals surface area contributed by atoms with Gasteiger partial charge in [0, 0.05) is 18.7 Å². The van der Waals surface area contributed by atoms with Crippen LogP contribution in [0.15, 0.2) is 24.3 Å². The number of hydrogen-bond donors (Lipinski definition) is 0. The third-order valence-electron chi connectivity index (χ3n) is 2.87. The van der Waals surface area contributed by atoms with Gasteiger partial charge < -0.3 is 9.64 Å². The van der Waals surface area contributed by atoms with E-state index >= 15 is 0 Å². The lowest BCUT2D eigenvalue weighted by Gasteiger charge is -2.20. The van der Waals surface area contributed by atoms with E-state index in [0.717, 1.165) is 25.7 Å². The summed E-state index contributed by atoms with van der Waals surface area (Å²) in [5.41, 5.74) is 0.545. The summed E-state index contributed by atoms with van der Waals surface area (Å²) >= 11 is 0. The van der Waals surface area contributed by atoms with Crippen LogP contribution in [0, 0.1) is 0 Å². The predicted octanol–water partition coefficient (Wildman–Crippen LogP) is 2.53. The smallest absolute Gasteiger partial charge is 0.260 e. The van der Waals surface area contributed by atoms with Crippen LogP contribution < -0.4 is 4.74 Å². The second-order valence-electron chi connectivity index (χ2n) is 4.31. The first-order chi connectivity index (χ1) is 9.21. The van der Waals surface area contributed by atoms with Crippen molar-refractivity contribution in [3.05, 3.63) is 29.8 Å². The molecule has 0 fully saturated rings. The lowest BCUT2D eigenvalue weighted by Crippen LogP contribution is -2.35. The SMILES string of the molecule is CCCCN(CC)C(=O)COc1cccc(C=O)c1. The number of aldehydes is 1. The summed E-state index contributed by atoms with van der Waals surface area (Å²) in [5, 5.41) is 0. The lowest BCUT2D eigenvalue weighted by atomic mass is 10.2. The van der Waals surface area contributed by atoms with E-state index in [2.05, 4.69) is 6.92 Å². The van der Waals surface area contributed by atoms with Gasteiger partial charge in [0.1, 0.15) is 12.0 Å². The Labute approximate surface area is 114 Å². The van der Waals surface area contributed by atoms with Gasteiger partial charge in [-0.05, 0) is 25.5 Å². The summed E-state index contributed by atoms with van der Waals surface area (Å²) in [6.45, 7) is 5.53. The molecule has 0 bridgehead atoms. The van der Waals surface area contributed by atoms with Gasteiger partial charge in [0.15, 0.2) is 6.61 Å². The number of carbonyl (C=O) groups excluding carboxylic acids is 2. The van der Waals surface area contributed by atoms with Gasteiger partial charge in [-0.25, -0.2) is 0 Å². The quantitative estimate of drug-likeness (QED) is 0.677. The number of unbranched alkanes of at least 4 members (excludes halogenated alkanes) is 1. The molecule has 1 aromatic rings. The van der Waals surface area contributed by atoms with Crippen molar-refractivity contribution in [3.8, 4) is 5.75 Å². The molecule has 104 valence electrons. The van der Waals surface area contributed by atoms with Crippen LogP contribution in [0.4, 0.5) is 0 Å². The molecule has 0 aromatic heterocycles. The highest BCUT2D eigenvalue weighted by atomic mass is 16.5. The number of benzene rings is 1. The molecular formula is C15H21NO3. The fourth-order valence-electron chi connectivity index (χ4n) is 1.72. The maximum atomic E-state index is 11.9. The van der Waals surface area contributed by atoms with Crippen molar-refractivity contribution >= 4 is 12.2 Å². The van der Waals surface area contributed by atoms with Crippen molar-refractivity contribution in [3.63, 3.8) is 0 Å².